The summed E-state index contributed by atoms with van der Waals surface area (Å²) < 4.78 is 17.6. The Bertz CT molecular complexity index is 275. The van der Waals surface area contributed by atoms with Gasteiger partial charge in [-0.1, -0.05) is 0 Å². The van der Waals surface area contributed by atoms with Gasteiger partial charge >= 0.3 is 8.25 Å². The molecule has 0 amide bonds. The lowest BCUT2D eigenvalue weighted by atomic mass is 10.7. The van der Waals surface area contributed by atoms with E-state index in [1.807, 2.05) is 17.8 Å². The zero-order valence-electron chi connectivity index (χ0n) is 8.71. The van der Waals surface area contributed by atoms with E-state index in [0.29, 0.717) is 0 Å². The van der Waals surface area contributed by atoms with Crippen LogP contribution in [0.3, 0.4) is 0 Å². The van der Waals surface area contributed by atoms with Crippen molar-refractivity contribution < 1.29 is 18.5 Å². The smallest absolute Gasteiger partial charge is 0.488 e. The molecule has 0 aliphatic carbocycles. The number of aryl methyl sites for hydroxylation is 2. The minimum atomic E-state index is -2.60. The molecule has 1 aromatic rings. The molecule has 14 heavy (non-hydrogen) atoms. The van der Waals surface area contributed by atoms with E-state index in [1.54, 1.807) is 6.92 Å². The Balaban J connectivity index is 0.000000255. The van der Waals surface area contributed by atoms with Gasteiger partial charge in [0.1, 0.15) is 12.4 Å². The van der Waals surface area contributed by atoms with Gasteiger partial charge in [0, 0.05) is 0 Å². The fraction of sp³-hybridized carbons (Fsp3) is 0.625. The Labute approximate surface area is 84.9 Å². The normalized spacial score (nSPS) is 10.4. The van der Waals surface area contributed by atoms with Crippen LogP contribution < -0.4 is 9.46 Å². The minimum absolute atomic E-state index is 0.235. The van der Waals surface area contributed by atoms with Crippen molar-refractivity contribution in [1.82, 2.24) is 4.57 Å². The van der Waals surface area contributed by atoms with E-state index in [0.717, 1.165) is 6.54 Å². The standard InChI is InChI=1S/C6H11N2.C2H5O3P/c1-3-8-5-4-7(2)6-8;1-2-5-6(3)4/h4-6H,3H2,1-2H3;2H2,1H3/q+1;. The maximum absolute atomic E-state index is 9.41. The average molecular weight is 219 g/mol. The molecule has 0 bridgehead atoms. The highest BCUT2D eigenvalue weighted by molar-refractivity contribution is 7.30. The van der Waals surface area contributed by atoms with E-state index in [4.69, 9.17) is 0 Å². The number of imidazole rings is 1. The molecular formula is C8H16N2O3P+. The molecule has 6 heteroatoms. The topological polar surface area (TPSA) is 58.2 Å². The SMILES string of the molecule is CCO[P+](=O)[O-].CCn1cc[n+](C)c1. The summed E-state index contributed by atoms with van der Waals surface area (Å²) >= 11 is 0. The monoisotopic (exact) mass is 219 g/mol. The summed E-state index contributed by atoms with van der Waals surface area (Å²) in [5.74, 6) is 0. The summed E-state index contributed by atoms with van der Waals surface area (Å²) in [6.45, 7) is 5.03. The molecule has 0 aliphatic rings. The van der Waals surface area contributed by atoms with Crippen molar-refractivity contribution in [1.29, 1.82) is 0 Å². The number of hydrogen-bond donors (Lipinski definition) is 0. The minimum Gasteiger partial charge on any atom is -0.566 e. The highest BCUT2D eigenvalue weighted by Crippen LogP contribution is 2.05. The Kier molecular flexibility index (Phi) is 7.20. The number of nitrogens with zero attached hydrogens (tertiary/aromatic N) is 2. The molecule has 1 rings (SSSR count). The molecule has 0 aromatic carbocycles. The van der Waals surface area contributed by atoms with Gasteiger partial charge in [-0.05, 0) is 18.4 Å². The molecule has 0 saturated heterocycles. The van der Waals surface area contributed by atoms with Crippen LogP contribution in [0.4, 0.5) is 0 Å². The second-order valence-electron chi connectivity index (χ2n) is 2.55. The Morgan fingerprint density at radius 3 is 2.36 bits per heavy atom. The Morgan fingerprint density at radius 2 is 2.21 bits per heavy atom. The fourth-order valence-corrected chi connectivity index (χ4v) is 1.01. The molecule has 0 N–H and O–H groups in total. The summed E-state index contributed by atoms with van der Waals surface area (Å²) in [4.78, 5) is 9.41. The third-order valence-corrected chi connectivity index (χ3v) is 1.89. The van der Waals surface area contributed by atoms with Gasteiger partial charge in [0.2, 0.25) is 6.33 Å². The Hall–Kier alpha value is -0.770. The van der Waals surface area contributed by atoms with Crippen LogP contribution in [-0.2, 0) is 22.7 Å². The van der Waals surface area contributed by atoms with Crippen molar-refractivity contribution in [3.05, 3.63) is 18.7 Å². The van der Waals surface area contributed by atoms with Gasteiger partial charge in [-0.15, -0.1) is 4.52 Å². The van der Waals surface area contributed by atoms with Crippen LogP contribution in [0.5, 0.6) is 0 Å². The molecule has 0 fully saturated rings. The van der Waals surface area contributed by atoms with E-state index in [1.165, 1.54) is 0 Å². The molecule has 0 aliphatic heterocycles. The summed E-state index contributed by atoms with van der Waals surface area (Å²) in [7, 11) is -0.581. The molecule has 0 spiro atoms. The second kappa shape index (κ2) is 7.62. The van der Waals surface area contributed by atoms with Crippen molar-refractivity contribution in [3.8, 4) is 0 Å². The van der Waals surface area contributed by atoms with Gasteiger partial charge in [0.25, 0.3) is 0 Å². The van der Waals surface area contributed by atoms with Crippen molar-refractivity contribution in [2.75, 3.05) is 6.61 Å². The molecule has 1 atom stereocenters. The van der Waals surface area contributed by atoms with E-state index in [-0.39, 0.29) is 6.61 Å². The lowest BCUT2D eigenvalue weighted by Crippen LogP contribution is -2.23. The zero-order valence-corrected chi connectivity index (χ0v) is 9.61. The van der Waals surface area contributed by atoms with Crippen molar-refractivity contribution in [2.45, 2.75) is 20.4 Å². The van der Waals surface area contributed by atoms with Gasteiger partial charge in [0.15, 0.2) is 0 Å². The first-order chi connectivity index (χ1) is 6.60. The first-order valence-electron chi connectivity index (χ1n) is 4.38. The third-order valence-electron chi connectivity index (χ3n) is 1.42. The predicted octanol–water partition coefficient (Wildman–Crippen LogP) is 0.373. The van der Waals surface area contributed by atoms with Crippen molar-refractivity contribution in [3.63, 3.8) is 0 Å². The first-order valence-corrected chi connectivity index (χ1v) is 5.48. The summed E-state index contributed by atoms with van der Waals surface area (Å²) in [6, 6.07) is 0. The summed E-state index contributed by atoms with van der Waals surface area (Å²) in [5, 5.41) is 0. The van der Waals surface area contributed by atoms with E-state index in [9.17, 15) is 9.46 Å². The van der Waals surface area contributed by atoms with E-state index in [2.05, 4.69) is 28.5 Å². The van der Waals surface area contributed by atoms with Crippen LogP contribution in [0.25, 0.3) is 0 Å². The summed E-state index contributed by atoms with van der Waals surface area (Å²) in [6.07, 6.45) is 6.14. The molecule has 1 unspecified atom stereocenters. The number of hydrogen-bond acceptors (Lipinski definition) is 3. The highest BCUT2D eigenvalue weighted by Gasteiger charge is 1.92. The quantitative estimate of drug-likeness (QED) is 0.545. The molecule has 0 saturated carbocycles. The molecule has 0 radical (unpaired) electrons. The van der Waals surface area contributed by atoms with Crippen LogP contribution >= 0.6 is 8.25 Å². The van der Waals surface area contributed by atoms with Crippen molar-refractivity contribution >= 4 is 8.25 Å². The Morgan fingerprint density at radius 1 is 1.57 bits per heavy atom. The summed E-state index contributed by atoms with van der Waals surface area (Å²) in [5.41, 5.74) is 0. The van der Waals surface area contributed by atoms with Crippen LogP contribution in [0.2, 0.25) is 0 Å². The van der Waals surface area contributed by atoms with Gasteiger partial charge in [0.05, 0.1) is 20.2 Å². The lowest BCUT2D eigenvalue weighted by Gasteiger charge is -1.81. The number of aromatic nitrogens is 2. The molecule has 1 heterocycles. The largest absolute Gasteiger partial charge is 0.566 e. The van der Waals surface area contributed by atoms with E-state index >= 15 is 0 Å². The van der Waals surface area contributed by atoms with Crippen LogP contribution in [0.15, 0.2) is 18.7 Å². The van der Waals surface area contributed by atoms with Crippen molar-refractivity contribution in [2.24, 2.45) is 7.05 Å². The zero-order chi connectivity index (χ0) is 11.0. The van der Waals surface area contributed by atoms with Gasteiger partial charge in [-0.3, -0.25) is 0 Å². The molecular weight excluding hydrogens is 203 g/mol. The predicted molar refractivity (Wildman–Crippen MR) is 50.5 cm³/mol. The highest BCUT2D eigenvalue weighted by atomic mass is 31.1. The first kappa shape index (κ1) is 13.2. The van der Waals surface area contributed by atoms with Gasteiger partial charge in [-0.2, -0.15) is 0 Å². The average Bonchev–Trinajstić information content (AvgIpc) is 2.52. The maximum atomic E-state index is 9.41. The lowest BCUT2D eigenvalue weighted by molar-refractivity contribution is -0.671. The van der Waals surface area contributed by atoms with Crippen LogP contribution in [0.1, 0.15) is 13.8 Å². The second-order valence-corrected chi connectivity index (χ2v) is 3.26. The van der Waals surface area contributed by atoms with Crippen LogP contribution in [0, 0.1) is 0 Å². The van der Waals surface area contributed by atoms with Gasteiger partial charge in [-0.25, -0.2) is 9.13 Å². The fourth-order valence-electron chi connectivity index (χ4n) is 0.794. The molecule has 80 valence electrons. The van der Waals surface area contributed by atoms with Crippen LogP contribution in [-0.4, -0.2) is 11.2 Å². The number of rotatable bonds is 3. The molecule has 1 aromatic heterocycles. The third kappa shape index (κ3) is 6.71. The van der Waals surface area contributed by atoms with E-state index < -0.39 is 8.25 Å². The van der Waals surface area contributed by atoms with Gasteiger partial charge < -0.3 is 4.89 Å². The molecule has 5 nitrogen and oxygen atoms in total. The maximum Gasteiger partial charge on any atom is 0.488 e.